The lowest BCUT2D eigenvalue weighted by Crippen LogP contribution is -2.22. The Hall–Kier alpha value is -0.300. The summed E-state index contributed by atoms with van der Waals surface area (Å²) in [4.78, 5) is 2.44. The molecule has 62 valence electrons. The van der Waals surface area contributed by atoms with Crippen LogP contribution in [0.25, 0.3) is 0 Å². The molecule has 0 aromatic rings. The number of rotatable bonds is 0. The van der Waals surface area contributed by atoms with Crippen molar-refractivity contribution in [1.29, 1.82) is 0 Å². The summed E-state index contributed by atoms with van der Waals surface area (Å²) >= 11 is 0. The number of likely N-dealkylation sites (tertiary alicyclic amines) is 1. The summed E-state index contributed by atoms with van der Waals surface area (Å²) in [5.74, 6) is 0. The zero-order valence-corrected chi connectivity index (χ0v) is 7.40. The molecule has 1 aliphatic heterocycles. The molecule has 2 rings (SSSR count). The maximum absolute atomic E-state index is 4.20. The maximum atomic E-state index is 4.20. The Morgan fingerprint density at radius 3 is 2.73 bits per heavy atom. The summed E-state index contributed by atoms with van der Waals surface area (Å²) in [5.41, 5.74) is 2.08. The zero-order valence-electron chi connectivity index (χ0n) is 7.40. The summed E-state index contributed by atoms with van der Waals surface area (Å²) in [6, 6.07) is 0. The molecule has 0 amide bonds. The number of hydrogen-bond acceptors (Lipinski definition) is 1. The van der Waals surface area contributed by atoms with Crippen LogP contribution in [0, 0.1) is 5.41 Å². The van der Waals surface area contributed by atoms with E-state index in [0.717, 1.165) is 0 Å². The minimum absolute atomic E-state index is 0.550. The van der Waals surface area contributed by atoms with Gasteiger partial charge in [0.15, 0.2) is 0 Å². The molecular weight excluding hydrogens is 134 g/mol. The fourth-order valence-corrected chi connectivity index (χ4v) is 2.65. The van der Waals surface area contributed by atoms with Gasteiger partial charge in [-0.05, 0) is 39.3 Å². The van der Waals surface area contributed by atoms with Gasteiger partial charge in [-0.15, -0.1) is 0 Å². The van der Waals surface area contributed by atoms with Crippen molar-refractivity contribution >= 4 is 0 Å². The molecule has 1 saturated carbocycles. The molecule has 1 nitrogen and oxygen atoms in total. The predicted molar refractivity (Wildman–Crippen MR) is 47.5 cm³/mol. The normalized spacial score (nSPS) is 39.2. The second-order valence-corrected chi connectivity index (χ2v) is 4.23. The van der Waals surface area contributed by atoms with Crippen LogP contribution in [-0.2, 0) is 0 Å². The van der Waals surface area contributed by atoms with Gasteiger partial charge in [0.25, 0.3) is 0 Å². The van der Waals surface area contributed by atoms with E-state index in [9.17, 15) is 0 Å². The monoisotopic (exact) mass is 151 g/mol. The molecule has 2 aliphatic rings. The van der Waals surface area contributed by atoms with Crippen LogP contribution in [0.15, 0.2) is 12.2 Å². The first-order valence-corrected chi connectivity index (χ1v) is 4.60. The minimum atomic E-state index is 0.550. The molecule has 11 heavy (non-hydrogen) atoms. The smallest absolute Gasteiger partial charge is 0.00727 e. The third-order valence-electron chi connectivity index (χ3n) is 3.43. The Bertz CT molecular complexity index is 185. The molecule has 0 bridgehead atoms. The van der Waals surface area contributed by atoms with E-state index in [2.05, 4.69) is 18.5 Å². The largest absolute Gasteiger partial charge is 0.305 e. The fraction of sp³-hybridized carbons (Fsp3) is 0.800. The Balaban J connectivity index is 2.16. The standard InChI is InChI=1S/C10H17N/c1-9-4-3-5-10(9)6-7-11(2)8-10/h1,3-8H2,2H3. The molecule has 1 atom stereocenters. The lowest BCUT2D eigenvalue weighted by molar-refractivity contribution is 0.337. The second-order valence-electron chi connectivity index (χ2n) is 4.23. The zero-order chi connectivity index (χ0) is 7.90. The highest BCUT2D eigenvalue weighted by molar-refractivity contribution is 5.18. The van der Waals surface area contributed by atoms with Gasteiger partial charge in [-0.25, -0.2) is 0 Å². The number of nitrogens with zero attached hydrogens (tertiary/aromatic N) is 1. The molecule has 0 aromatic heterocycles. The first-order valence-electron chi connectivity index (χ1n) is 4.60. The van der Waals surface area contributed by atoms with Crippen molar-refractivity contribution in [2.75, 3.05) is 20.1 Å². The Labute approximate surface area is 69.1 Å². The first kappa shape index (κ1) is 7.35. The molecule has 1 heterocycles. The Morgan fingerprint density at radius 1 is 1.45 bits per heavy atom. The lowest BCUT2D eigenvalue weighted by Gasteiger charge is -2.24. The lowest BCUT2D eigenvalue weighted by atomic mass is 9.82. The van der Waals surface area contributed by atoms with Crippen LogP contribution < -0.4 is 0 Å². The first-order chi connectivity index (χ1) is 5.23. The third kappa shape index (κ3) is 1.02. The van der Waals surface area contributed by atoms with E-state index in [1.807, 2.05) is 0 Å². The minimum Gasteiger partial charge on any atom is -0.305 e. The highest BCUT2D eigenvalue weighted by Gasteiger charge is 2.41. The highest BCUT2D eigenvalue weighted by atomic mass is 15.1. The van der Waals surface area contributed by atoms with E-state index in [4.69, 9.17) is 0 Å². The van der Waals surface area contributed by atoms with Gasteiger partial charge in [0, 0.05) is 12.0 Å². The van der Waals surface area contributed by atoms with Gasteiger partial charge in [-0.3, -0.25) is 0 Å². The molecule has 2 fully saturated rings. The summed E-state index contributed by atoms with van der Waals surface area (Å²) < 4.78 is 0. The summed E-state index contributed by atoms with van der Waals surface area (Å²) in [5, 5.41) is 0. The van der Waals surface area contributed by atoms with Gasteiger partial charge in [-0.2, -0.15) is 0 Å². The van der Waals surface area contributed by atoms with E-state index in [0.29, 0.717) is 5.41 Å². The average Bonchev–Trinajstić information content (AvgIpc) is 2.46. The van der Waals surface area contributed by atoms with E-state index < -0.39 is 0 Å². The number of hydrogen-bond donors (Lipinski definition) is 0. The van der Waals surface area contributed by atoms with Gasteiger partial charge in [0.1, 0.15) is 0 Å². The molecule has 0 radical (unpaired) electrons. The van der Waals surface area contributed by atoms with Crippen molar-refractivity contribution in [2.45, 2.75) is 25.7 Å². The molecule has 0 N–H and O–H groups in total. The summed E-state index contributed by atoms with van der Waals surface area (Å²) in [6.45, 7) is 6.74. The molecule has 0 aromatic carbocycles. The van der Waals surface area contributed by atoms with Gasteiger partial charge in [0.05, 0.1) is 0 Å². The summed E-state index contributed by atoms with van der Waals surface area (Å²) in [6.07, 6.45) is 5.43. The van der Waals surface area contributed by atoms with Gasteiger partial charge in [0.2, 0.25) is 0 Å². The molecule has 1 saturated heterocycles. The van der Waals surface area contributed by atoms with Gasteiger partial charge >= 0.3 is 0 Å². The fourth-order valence-electron chi connectivity index (χ4n) is 2.65. The third-order valence-corrected chi connectivity index (χ3v) is 3.43. The van der Waals surface area contributed by atoms with Crippen LogP contribution in [-0.4, -0.2) is 25.0 Å². The van der Waals surface area contributed by atoms with Crippen molar-refractivity contribution in [2.24, 2.45) is 5.41 Å². The molecule has 1 heteroatoms. The van der Waals surface area contributed by atoms with Crippen LogP contribution in [0.1, 0.15) is 25.7 Å². The maximum Gasteiger partial charge on any atom is 0.00727 e. The van der Waals surface area contributed by atoms with Crippen molar-refractivity contribution in [3.8, 4) is 0 Å². The van der Waals surface area contributed by atoms with Crippen molar-refractivity contribution in [1.82, 2.24) is 4.90 Å². The van der Waals surface area contributed by atoms with Crippen molar-refractivity contribution < 1.29 is 0 Å². The second kappa shape index (κ2) is 2.34. The van der Waals surface area contributed by atoms with Gasteiger partial charge in [-0.1, -0.05) is 12.2 Å². The molecule has 1 spiro atoms. The molecule has 1 aliphatic carbocycles. The highest BCUT2D eigenvalue weighted by Crippen LogP contribution is 2.47. The van der Waals surface area contributed by atoms with E-state index >= 15 is 0 Å². The van der Waals surface area contributed by atoms with Crippen molar-refractivity contribution in [3.05, 3.63) is 12.2 Å². The van der Waals surface area contributed by atoms with Crippen LogP contribution in [0.3, 0.4) is 0 Å². The Morgan fingerprint density at radius 2 is 2.27 bits per heavy atom. The van der Waals surface area contributed by atoms with E-state index in [1.54, 1.807) is 0 Å². The summed E-state index contributed by atoms with van der Waals surface area (Å²) in [7, 11) is 2.22. The SMILES string of the molecule is C=C1CCCC12CCN(C)C2. The van der Waals surface area contributed by atoms with E-state index in [1.165, 1.54) is 44.3 Å². The average molecular weight is 151 g/mol. The topological polar surface area (TPSA) is 3.24 Å². The van der Waals surface area contributed by atoms with Gasteiger partial charge < -0.3 is 4.90 Å². The quantitative estimate of drug-likeness (QED) is 0.479. The Kier molecular flexibility index (Phi) is 1.57. The van der Waals surface area contributed by atoms with Crippen LogP contribution in [0.5, 0.6) is 0 Å². The van der Waals surface area contributed by atoms with E-state index in [-0.39, 0.29) is 0 Å². The van der Waals surface area contributed by atoms with Crippen LogP contribution in [0.4, 0.5) is 0 Å². The van der Waals surface area contributed by atoms with Crippen molar-refractivity contribution in [3.63, 3.8) is 0 Å². The van der Waals surface area contributed by atoms with Crippen LogP contribution in [0.2, 0.25) is 0 Å². The molecule has 1 unspecified atom stereocenters. The van der Waals surface area contributed by atoms with Crippen LogP contribution >= 0.6 is 0 Å². The molecular formula is C10H17N. The predicted octanol–water partition coefficient (Wildman–Crippen LogP) is 2.05.